The Bertz CT molecular complexity index is 1250. The van der Waals surface area contributed by atoms with Crippen LogP contribution in [0.5, 0.6) is 0 Å². The highest BCUT2D eigenvalue weighted by atomic mass is 32.1. The normalized spacial score (nSPS) is 26.1. The molecule has 1 N–H and O–H groups in total. The number of thiophene rings is 1. The van der Waals surface area contributed by atoms with E-state index in [-0.39, 0.29) is 48.0 Å². The number of fused-ring (bicyclic) bond motifs is 6. The maximum absolute atomic E-state index is 13.1. The summed E-state index contributed by atoms with van der Waals surface area (Å²) in [4.78, 5) is 54.2. The molecule has 2 bridgehead atoms. The van der Waals surface area contributed by atoms with E-state index in [4.69, 9.17) is 4.74 Å². The molecule has 1 aromatic heterocycles. The third kappa shape index (κ3) is 3.45. The van der Waals surface area contributed by atoms with E-state index < -0.39 is 5.97 Å². The molecule has 180 valence electrons. The van der Waals surface area contributed by atoms with Gasteiger partial charge in [-0.25, -0.2) is 4.79 Å². The number of hydrogen-bond acceptors (Lipinski definition) is 6. The predicted octanol–water partition coefficient (Wildman–Crippen LogP) is 4.37. The quantitative estimate of drug-likeness (QED) is 0.382. The van der Waals surface area contributed by atoms with Crippen molar-refractivity contribution < 1.29 is 23.9 Å². The van der Waals surface area contributed by atoms with Gasteiger partial charge in [0, 0.05) is 10.4 Å². The number of carbonyl (C=O) groups excluding carboxylic acids is 4. The fourth-order valence-corrected chi connectivity index (χ4v) is 7.44. The van der Waals surface area contributed by atoms with Crippen LogP contribution in [0.2, 0.25) is 0 Å². The Kier molecular flexibility index (Phi) is 5.36. The molecule has 0 spiro atoms. The SMILES string of the molecule is CCOC(=O)c1c(NC(=O)c2ccc(N3C(=O)[C@H]4[C@H](C3=O)[C@H]3C=C[C@H]4C3)cc2)sc2c1CCCC2. The summed E-state index contributed by atoms with van der Waals surface area (Å²) < 4.78 is 5.27. The van der Waals surface area contributed by atoms with E-state index >= 15 is 0 Å². The Hall–Kier alpha value is -3.26. The van der Waals surface area contributed by atoms with E-state index in [0.29, 0.717) is 21.8 Å². The topological polar surface area (TPSA) is 92.8 Å². The number of aryl methyl sites for hydroxylation is 1. The first-order chi connectivity index (χ1) is 17.0. The molecule has 4 atom stereocenters. The first-order valence-electron chi connectivity index (χ1n) is 12.3. The van der Waals surface area contributed by atoms with Crippen LogP contribution in [0, 0.1) is 23.7 Å². The maximum Gasteiger partial charge on any atom is 0.341 e. The van der Waals surface area contributed by atoms with Crippen molar-refractivity contribution in [2.75, 3.05) is 16.8 Å². The fraction of sp³-hybridized carbons (Fsp3) is 0.407. The minimum atomic E-state index is -0.405. The van der Waals surface area contributed by atoms with Gasteiger partial charge in [0.25, 0.3) is 5.91 Å². The summed E-state index contributed by atoms with van der Waals surface area (Å²) in [6, 6.07) is 6.52. The van der Waals surface area contributed by atoms with Gasteiger partial charge in [0.1, 0.15) is 5.00 Å². The minimum absolute atomic E-state index is 0.141. The summed E-state index contributed by atoms with van der Waals surface area (Å²) in [6.07, 6.45) is 8.81. The molecule has 2 heterocycles. The van der Waals surface area contributed by atoms with E-state index in [1.807, 2.05) is 0 Å². The van der Waals surface area contributed by atoms with Gasteiger partial charge < -0.3 is 10.1 Å². The van der Waals surface area contributed by atoms with Crippen molar-refractivity contribution in [3.63, 3.8) is 0 Å². The van der Waals surface area contributed by atoms with Crippen molar-refractivity contribution in [2.45, 2.75) is 39.0 Å². The predicted molar refractivity (Wildman–Crippen MR) is 132 cm³/mol. The van der Waals surface area contributed by atoms with Gasteiger partial charge in [-0.1, -0.05) is 12.2 Å². The van der Waals surface area contributed by atoms with Gasteiger partial charge in [-0.15, -0.1) is 11.3 Å². The van der Waals surface area contributed by atoms with E-state index in [1.165, 1.54) is 16.2 Å². The molecule has 6 rings (SSSR count). The monoisotopic (exact) mass is 490 g/mol. The molecule has 7 nitrogen and oxygen atoms in total. The lowest BCUT2D eigenvalue weighted by Crippen LogP contribution is -2.32. The molecule has 3 amide bonds. The number of amides is 3. The largest absolute Gasteiger partial charge is 0.462 e. The lowest BCUT2D eigenvalue weighted by atomic mass is 9.85. The third-order valence-electron chi connectivity index (χ3n) is 7.74. The highest BCUT2D eigenvalue weighted by Crippen LogP contribution is 2.53. The summed E-state index contributed by atoms with van der Waals surface area (Å²) in [6.45, 7) is 2.03. The van der Waals surface area contributed by atoms with Gasteiger partial charge in [-0.3, -0.25) is 19.3 Å². The van der Waals surface area contributed by atoms with Crippen molar-refractivity contribution in [1.82, 2.24) is 0 Å². The van der Waals surface area contributed by atoms with Gasteiger partial charge >= 0.3 is 5.97 Å². The fourth-order valence-electron chi connectivity index (χ4n) is 6.17. The number of nitrogens with one attached hydrogen (secondary N) is 1. The number of anilines is 2. The number of imide groups is 1. The zero-order valence-electron chi connectivity index (χ0n) is 19.4. The van der Waals surface area contributed by atoms with Crippen molar-refractivity contribution in [3.8, 4) is 0 Å². The minimum Gasteiger partial charge on any atom is -0.462 e. The molecule has 3 aliphatic carbocycles. The highest BCUT2D eigenvalue weighted by molar-refractivity contribution is 7.17. The van der Waals surface area contributed by atoms with Crippen LogP contribution in [0.3, 0.4) is 0 Å². The number of carbonyl (C=O) groups is 4. The Morgan fingerprint density at radius 2 is 1.69 bits per heavy atom. The van der Waals surface area contributed by atoms with Crippen molar-refractivity contribution in [1.29, 1.82) is 0 Å². The second-order valence-electron chi connectivity index (χ2n) is 9.65. The molecule has 0 radical (unpaired) electrons. The summed E-state index contributed by atoms with van der Waals surface area (Å²) in [5, 5.41) is 3.42. The highest BCUT2D eigenvalue weighted by Gasteiger charge is 2.59. The van der Waals surface area contributed by atoms with Gasteiger partial charge in [-0.05, 0) is 80.7 Å². The summed E-state index contributed by atoms with van der Waals surface area (Å²) in [7, 11) is 0. The molecule has 1 aromatic carbocycles. The number of hydrogen-bond donors (Lipinski definition) is 1. The molecule has 8 heteroatoms. The smallest absolute Gasteiger partial charge is 0.341 e. The van der Waals surface area contributed by atoms with Gasteiger partial charge in [0.15, 0.2) is 0 Å². The molecular formula is C27H26N2O5S. The molecule has 0 unspecified atom stereocenters. The van der Waals surface area contributed by atoms with Crippen molar-refractivity contribution >= 4 is 45.7 Å². The second kappa shape index (κ2) is 8.45. The van der Waals surface area contributed by atoms with Crippen LogP contribution in [0.25, 0.3) is 0 Å². The van der Waals surface area contributed by atoms with Gasteiger partial charge in [0.05, 0.1) is 29.7 Å². The summed E-state index contributed by atoms with van der Waals surface area (Å²) >= 11 is 1.44. The number of nitrogens with zero attached hydrogens (tertiary/aromatic N) is 1. The van der Waals surface area contributed by atoms with Gasteiger partial charge in [0.2, 0.25) is 11.8 Å². The molecule has 2 fully saturated rings. The van der Waals surface area contributed by atoms with E-state index in [9.17, 15) is 19.2 Å². The number of ether oxygens (including phenoxy) is 1. The summed E-state index contributed by atoms with van der Waals surface area (Å²) in [5.74, 6) is -1.24. The first kappa shape index (κ1) is 22.2. The molecule has 2 aromatic rings. The number of esters is 1. The number of benzene rings is 1. The summed E-state index contributed by atoms with van der Waals surface area (Å²) in [5.41, 5.74) is 2.34. The van der Waals surface area contributed by atoms with Crippen LogP contribution >= 0.6 is 11.3 Å². The van der Waals surface area contributed by atoms with Crippen LogP contribution in [-0.2, 0) is 27.2 Å². The standard InChI is InChI=1S/C27H26N2O5S/c1-2-34-27(33)22-18-5-3-4-6-19(18)35-24(22)28-23(30)14-9-11-17(12-10-14)29-25(31)20-15-7-8-16(13-15)21(20)26(29)32/h7-12,15-16,20-21H,2-6,13H2,1H3,(H,28,30)/t15-,16-,20+,21+/m0/s1. The lowest BCUT2D eigenvalue weighted by molar-refractivity contribution is -0.123. The van der Waals surface area contributed by atoms with Crippen LogP contribution in [-0.4, -0.2) is 30.3 Å². The molecule has 1 aliphatic heterocycles. The molecule has 1 saturated carbocycles. The zero-order valence-corrected chi connectivity index (χ0v) is 20.2. The lowest BCUT2D eigenvalue weighted by Gasteiger charge is -2.17. The van der Waals surface area contributed by atoms with Crippen LogP contribution in [0.4, 0.5) is 10.7 Å². The van der Waals surface area contributed by atoms with E-state index in [0.717, 1.165) is 42.5 Å². The van der Waals surface area contributed by atoms with E-state index in [2.05, 4.69) is 17.5 Å². The third-order valence-corrected chi connectivity index (χ3v) is 8.94. The Morgan fingerprint density at radius 3 is 2.34 bits per heavy atom. The van der Waals surface area contributed by atoms with Crippen molar-refractivity contribution in [2.24, 2.45) is 23.7 Å². The molecule has 35 heavy (non-hydrogen) atoms. The Balaban J connectivity index is 1.22. The van der Waals surface area contributed by atoms with Crippen molar-refractivity contribution in [3.05, 3.63) is 58.0 Å². The first-order valence-corrected chi connectivity index (χ1v) is 13.1. The average molecular weight is 491 g/mol. The van der Waals surface area contributed by atoms with Crippen LogP contribution < -0.4 is 10.2 Å². The maximum atomic E-state index is 13.1. The number of allylic oxidation sites excluding steroid dienone is 2. The Morgan fingerprint density at radius 1 is 1.03 bits per heavy atom. The Labute approximate surface area is 207 Å². The molecular weight excluding hydrogens is 464 g/mol. The second-order valence-corrected chi connectivity index (χ2v) is 10.8. The molecule has 4 aliphatic rings. The van der Waals surface area contributed by atoms with Crippen LogP contribution in [0.1, 0.15) is 57.3 Å². The zero-order chi connectivity index (χ0) is 24.3. The average Bonchev–Trinajstić information content (AvgIpc) is 3.61. The molecule has 1 saturated heterocycles. The van der Waals surface area contributed by atoms with E-state index in [1.54, 1.807) is 31.2 Å². The van der Waals surface area contributed by atoms with Crippen LogP contribution in [0.15, 0.2) is 36.4 Å². The number of rotatable bonds is 5. The van der Waals surface area contributed by atoms with Gasteiger partial charge in [-0.2, -0.15) is 0 Å².